The van der Waals surface area contributed by atoms with E-state index >= 15 is 0 Å². The molecule has 0 aromatic carbocycles. The Morgan fingerprint density at radius 3 is 2.84 bits per heavy atom. The minimum absolute atomic E-state index is 0.519. The number of aromatic nitrogens is 2. The van der Waals surface area contributed by atoms with Crippen molar-refractivity contribution < 1.29 is 4.52 Å². The van der Waals surface area contributed by atoms with Gasteiger partial charge in [-0.15, -0.1) is 0 Å². The van der Waals surface area contributed by atoms with Crippen LogP contribution in [0.2, 0.25) is 0 Å². The lowest BCUT2D eigenvalue weighted by molar-refractivity contribution is 0.343. The number of hydrogen-bond donors (Lipinski definition) is 1. The monoisotopic (exact) mass is 283 g/mol. The molecular weight excluding hydrogens is 258 g/mol. The van der Waals surface area contributed by atoms with Crippen LogP contribution in [0.1, 0.15) is 51.7 Å². The molecule has 1 N–H and O–H groups in total. The van der Waals surface area contributed by atoms with Crippen molar-refractivity contribution in [2.45, 2.75) is 63.5 Å². The van der Waals surface area contributed by atoms with Gasteiger partial charge >= 0.3 is 0 Å². The highest BCUT2D eigenvalue weighted by molar-refractivity contribution is 7.99. The van der Waals surface area contributed by atoms with E-state index in [4.69, 9.17) is 4.52 Å². The van der Waals surface area contributed by atoms with Gasteiger partial charge in [0.2, 0.25) is 5.89 Å². The van der Waals surface area contributed by atoms with Gasteiger partial charge in [-0.25, -0.2) is 0 Å². The number of hydrogen-bond acceptors (Lipinski definition) is 5. The third-order valence-electron chi connectivity index (χ3n) is 3.30. The molecule has 1 fully saturated rings. The number of nitrogens with zero attached hydrogens (tertiary/aromatic N) is 2. The molecule has 0 bridgehead atoms. The zero-order chi connectivity index (χ0) is 13.7. The van der Waals surface area contributed by atoms with Crippen LogP contribution in [0.25, 0.3) is 0 Å². The van der Waals surface area contributed by atoms with E-state index < -0.39 is 0 Å². The maximum absolute atomic E-state index is 5.37. The van der Waals surface area contributed by atoms with E-state index in [1.807, 2.05) is 11.8 Å². The van der Waals surface area contributed by atoms with Crippen LogP contribution in [0.5, 0.6) is 0 Å². The van der Waals surface area contributed by atoms with Crippen LogP contribution in [0.4, 0.5) is 0 Å². The molecule has 0 amide bonds. The molecular formula is C14H25N3OS. The molecule has 1 aliphatic carbocycles. The fraction of sp³-hybridized carbons (Fsp3) is 0.857. The summed E-state index contributed by atoms with van der Waals surface area (Å²) in [5, 5.41) is 8.28. The third-order valence-corrected chi connectivity index (χ3v) is 4.39. The van der Waals surface area contributed by atoms with Crippen molar-refractivity contribution in [2.75, 3.05) is 6.54 Å². The fourth-order valence-electron chi connectivity index (χ4n) is 2.09. The largest absolute Gasteiger partial charge is 0.339 e. The highest BCUT2D eigenvalue weighted by atomic mass is 32.2. The van der Waals surface area contributed by atoms with E-state index in [9.17, 15) is 0 Å². The second-order valence-electron chi connectivity index (χ2n) is 5.57. The van der Waals surface area contributed by atoms with Crippen LogP contribution in [0.15, 0.2) is 4.52 Å². The van der Waals surface area contributed by atoms with E-state index in [-0.39, 0.29) is 0 Å². The van der Waals surface area contributed by atoms with Crippen molar-refractivity contribution in [1.82, 2.24) is 15.5 Å². The van der Waals surface area contributed by atoms with Crippen molar-refractivity contribution in [3.63, 3.8) is 0 Å². The minimum atomic E-state index is 0.519. The molecule has 0 saturated heterocycles. The average molecular weight is 283 g/mol. The van der Waals surface area contributed by atoms with Gasteiger partial charge in [-0.1, -0.05) is 25.9 Å². The lowest BCUT2D eigenvalue weighted by Crippen LogP contribution is -2.33. The summed E-state index contributed by atoms with van der Waals surface area (Å²) in [6, 6.07) is 0.519. The van der Waals surface area contributed by atoms with Gasteiger partial charge in [0.05, 0.1) is 5.75 Å². The van der Waals surface area contributed by atoms with Gasteiger partial charge in [0.25, 0.3) is 0 Å². The molecule has 1 aliphatic rings. The first-order valence-electron chi connectivity index (χ1n) is 7.35. The number of rotatable bonds is 9. The number of thioether (sulfide) groups is 1. The average Bonchev–Trinajstić information content (AvgIpc) is 3.13. The predicted molar refractivity (Wildman–Crippen MR) is 79.2 cm³/mol. The standard InChI is InChI=1S/C14H25N3OS/c1-4-7-15-12(11-5-6-11)8-14-16-13(17-18-14)9-19-10(2)3/h10-12,15H,4-9H2,1-3H3. The molecule has 1 aromatic rings. The van der Waals surface area contributed by atoms with Gasteiger partial charge in [0.1, 0.15) is 0 Å². The Hall–Kier alpha value is -0.550. The first-order valence-corrected chi connectivity index (χ1v) is 8.40. The van der Waals surface area contributed by atoms with Crippen LogP contribution >= 0.6 is 11.8 Å². The summed E-state index contributed by atoms with van der Waals surface area (Å²) in [6.07, 6.45) is 4.73. The summed E-state index contributed by atoms with van der Waals surface area (Å²) < 4.78 is 5.37. The van der Waals surface area contributed by atoms with Crippen molar-refractivity contribution in [3.05, 3.63) is 11.7 Å². The summed E-state index contributed by atoms with van der Waals surface area (Å²) in [5.74, 6) is 3.28. The van der Waals surface area contributed by atoms with E-state index in [1.165, 1.54) is 19.3 Å². The second-order valence-corrected chi connectivity index (χ2v) is 7.13. The maximum Gasteiger partial charge on any atom is 0.228 e. The fourth-order valence-corrected chi connectivity index (χ4v) is 2.69. The van der Waals surface area contributed by atoms with Crippen LogP contribution in [0.3, 0.4) is 0 Å². The van der Waals surface area contributed by atoms with Crippen LogP contribution < -0.4 is 5.32 Å². The normalized spacial score (nSPS) is 17.1. The van der Waals surface area contributed by atoms with E-state index in [0.717, 1.165) is 36.4 Å². The first-order chi connectivity index (χ1) is 9.19. The van der Waals surface area contributed by atoms with Crippen molar-refractivity contribution in [1.29, 1.82) is 0 Å². The molecule has 0 spiro atoms. The Bertz CT molecular complexity index is 377. The van der Waals surface area contributed by atoms with Crippen LogP contribution in [0, 0.1) is 5.92 Å². The molecule has 1 atom stereocenters. The van der Waals surface area contributed by atoms with Gasteiger partial charge in [-0.05, 0) is 37.0 Å². The molecule has 4 nitrogen and oxygen atoms in total. The molecule has 1 unspecified atom stereocenters. The highest BCUT2D eigenvalue weighted by Gasteiger charge is 2.32. The van der Waals surface area contributed by atoms with Gasteiger partial charge in [-0.2, -0.15) is 16.7 Å². The highest BCUT2D eigenvalue weighted by Crippen LogP contribution is 2.34. The van der Waals surface area contributed by atoms with Gasteiger partial charge in [-0.3, -0.25) is 0 Å². The van der Waals surface area contributed by atoms with Crippen molar-refractivity contribution in [2.24, 2.45) is 5.92 Å². The van der Waals surface area contributed by atoms with Gasteiger partial charge < -0.3 is 9.84 Å². The Morgan fingerprint density at radius 1 is 1.42 bits per heavy atom. The van der Waals surface area contributed by atoms with Crippen molar-refractivity contribution in [3.8, 4) is 0 Å². The molecule has 1 saturated carbocycles. The molecule has 0 radical (unpaired) electrons. The van der Waals surface area contributed by atoms with Gasteiger partial charge in [0.15, 0.2) is 5.82 Å². The summed E-state index contributed by atoms with van der Waals surface area (Å²) >= 11 is 1.85. The lowest BCUT2D eigenvalue weighted by atomic mass is 10.1. The van der Waals surface area contributed by atoms with Crippen molar-refractivity contribution >= 4 is 11.8 Å². The van der Waals surface area contributed by atoms with Crippen LogP contribution in [-0.4, -0.2) is 28.0 Å². The lowest BCUT2D eigenvalue weighted by Gasteiger charge is -2.15. The Labute approximate surface area is 120 Å². The molecule has 2 rings (SSSR count). The van der Waals surface area contributed by atoms with Gasteiger partial charge in [0, 0.05) is 12.5 Å². The summed E-state index contributed by atoms with van der Waals surface area (Å²) in [7, 11) is 0. The topological polar surface area (TPSA) is 51.0 Å². The minimum Gasteiger partial charge on any atom is -0.339 e. The molecule has 0 aliphatic heterocycles. The van der Waals surface area contributed by atoms with E-state index in [1.54, 1.807) is 0 Å². The molecule has 108 valence electrons. The zero-order valence-corrected chi connectivity index (χ0v) is 13.0. The summed E-state index contributed by atoms with van der Waals surface area (Å²) in [5.41, 5.74) is 0. The Kier molecular flexibility index (Phi) is 5.70. The summed E-state index contributed by atoms with van der Waals surface area (Å²) in [6.45, 7) is 7.64. The Balaban J connectivity index is 1.83. The third kappa shape index (κ3) is 5.15. The number of nitrogens with one attached hydrogen (secondary N) is 1. The first kappa shape index (κ1) is 14.9. The Morgan fingerprint density at radius 2 is 2.21 bits per heavy atom. The quantitative estimate of drug-likeness (QED) is 0.755. The molecule has 1 heterocycles. The van der Waals surface area contributed by atoms with E-state index in [0.29, 0.717) is 11.3 Å². The zero-order valence-electron chi connectivity index (χ0n) is 12.2. The van der Waals surface area contributed by atoms with Crippen LogP contribution in [-0.2, 0) is 12.2 Å². The second kappa shape index (κ2) is 7.29. The molecule has 1 aromatic heterocycles. The SMILES string of the molecule is CCCNC(Cc1nc(CSC(C)C)no1)C1CC1. The smallest absolute Gasteiger partial charge is 0.228 e. The molecule has 19 heavy (non-hydrogen) atoms. The maximum atomic E-state index is 5.37. The predicted octanol–water partition coefficient (Wildman–Crippen LogP) is 3.03. The molecule has 5 heteroatoms. The van der Waals surface area contributed by atoms with E-state index in [2.05, 4.69) is 36.2 Å². The summed E-state index contributed by atoms with van der Waals surface area (Å²) in [4.78, 5) is 4.50.